The van der Waals surface area contributed by atoms with E-state index in [4.69, 9.17) is 9.47 Å². The van der Waals surface area contributed by atoms with Gasteiger partial charge in [-0.2, -0.15) is 5.26 Å². The highest BCUT2D eigenvalue weighted by Crippen LogP contribution is 2.27. The van der Waals surface area contributed by atoms with Gasteiger partial charge in [-0.3, -0.25) is 4.79 Å². The molecular weight excluding hydrogens is 390 g/mol. The van der Waals surface area contributed by atoms with Crippen LogP contribution in [-0.4, -0.2) is 36.8 Å². The Labute approximate surface area is 171 Å². The molecule has 0 atom stereocenters. The number of carbonyl (C=O) groups is 2. The number of hydrogen-bond donors (Lipinski definition) is 1. The molecule has 0 radical (unpaired) electrons. The Morgan fingerprint density at radius 1 is 1.17 bits per heavy atom. The highest BCUT2D eigenvalue weighted by Gasteiger charge is 2.15. The van der Waals surface area contributed by atoms with E-state index in [0.717, 1.165) is 17.1 Å². The van der Waals surface area contributed by atoms with Crippen LogP contribution in [0.25, 0.3) is 10.9 Å². The molecule has 3 rings (SSSR count). The zero-order valence-corrected chi connectivity index (χ0v) is 16.6. The minimum Gasteiger partial charge on any atom is -0.497 e. The average molecular weight is 407 g/mol. The second-order valence-corrected chi connectivity index (χ2v) is 6.85. The molecule has 146 valence electrons. The van der Waals surface area contributed by atoms with E-state index in [2.05, 4.69) is 16.4 Å². The molecule has 1 aromatic heterocycles. The molecule has 0 spiro atoms. The fourth-order valence-corrected chi connectivity index (χ4v) is 3.41. The number of thioether (sulfide) groups is 1. The van der Waals surface area contributed by atoms with E-state index >= 15 is 0 Å². The lowest BCUT2D eigenvalue weighted by atomic mass is 10.1. The molecule has 1 heterocycles. The van der Waals surface area contributed by atoms with Crippen molar-refractivity contribution in [3.63, 3.8) is 0 Å². The van der Waals surface area contributed by atoms with Crippen LogP contribution in [0.3, 0.4) is 0 Å². The van der Waals surface area contributed by atoms with Gasteiger partial charge in [-0.1, -0.05) is 23.9 Å². The number of nitriles is 1. The van der Waals surface area contributed by atoms with Gasteiger partial charge in [0, 0.05) is 11.5 Å². The zero-order valence-electron chi connectivity index (χ0n) is 15.8. The molecule has 0 unspecified atom stereocenters. The Hall–Kier alpha value is -3.57. The van der Waals surface area contributed by atoms with Crippen LogP contribution in [0.2, 0.25) is 0 Å². The van der Waals surface area contributed by atoms with E-state index in [1.54, 1.807) is 49.6 Å². The lowest BCUT2D eigenvalue weighted by molar-refractivity contribution is -0.113. The largest absolute Gasteiger partial charge is 0.497 e. The van der Waals surface area contributed by atoms with Gasteiger partial charge in [0.15, 0.2) is 0 Å². The molecule has 0 saturated carbocycles. The fourth-order valence-electron chi connectivity index (χ4n) is 2.65. The summed E-state index contributed by atoms with van der Waals surface area (Å²) in [5.74, 6) is -0.191. The van der Waals surface area contributed by atoms with Crippen molar-refractivity contribution in [3.05, 3.63) is 59.7 Å². The molecule has 1 N–H and O–H groups in total. The van der Waals surface area contributed by atoms with Crippen molar-refractivity contribution in [1.82, 2.24) is 4.98 Å². The fraction of sp³-hybridized carbons (Fsp3) is 0.143. The Balaban J connectivity index is 1.77. The number of esters is 1. The van der Waals surface area contributed by atoms with E-state index < -0.39 is 5.97 Å². The SMILES string of the molecule is COC(=O)c1ccccc1NC(=O)CSc1nc2cc(OC)ccc2cc1C#N. The molecule has 0 saturated heterocycles. The third-order valence-corrected chi connectivity index (χ3v) is 5.05. The lowest BCUT2D eigenvalue weighted by Crippen LogP contribution is -2.17. The van der Waals surface area contributed by atoms with Gasteiger partial charge in [0.25, 0.3) is 0 Å². The number of ether oxygens (including phenoxy) is 2. The second kappa shape index (κ2) is 9.08. The molecule has 1 amide bonds. The zero-order chi connectivity index (χ0) is 20.8. The summed E-state index contributed by atoms with van der Waals surface area (Å²) in [5.41, 5.74) is 1.68. The first-order valence-corrected chi connectivity index (χ1v) is 9.53. The summed E-state index contributed by atoms with van der Waals surface area (Å²) in [6.45, 7) is 0. The van der Waals surface area contributed by atoms with Crippen LogP contribution >= 0.6 is 11.8 Å². The van der Waals surface area contributed by atoms with Gasteiger partial charge >= 0.3 is 5.97 Å². The van der Waals surface area contributed by atoms with Gasteiger partial charge in [0.1, 0.15) is 16.8 Å². The van der Waals surface area contributed by atoms with E-state index in [1.807, 2.05) is 6.07 Å². The number of nitrogens with zero attached hydrogens (tertiary/aromatic N) is 2. The molecule has 0 aliphatic heterocycles. The number of carbonyl (C=O) groups excluding carboxylic acids is 2. The van der Waals surface area contributed by atoms with Crippen LogP contribution < -0.4 is 10.1 Å². The van der Waals surface area contributed by atoms with Gasteiger partial charge in [-0.15, -0.1) is 0 Å². The standard InChI is InChI=1S/C21H17N3O4S/c1-27-15-8-7-13-9-14(11-22)20(24-18(13)10-15)29-12-19(25)23-17-6-4-3-5-16(17)21(26)28-2/h3-10H,12H2,1-2H3,(H,23,25). The van der Waals surface area contributed by atoms with Crippen LogP contribution in [0, 0.1) is 11.3 Å². The normalized spacial score (nSPS) is 10.2. The minimum absolute atomic E-state index is 0.0205. The van der Waals surface area contributed by atoms with Crippen LogP contribution in [0.1, 0.15) is 15.9 Å². The van der Waals surface area contributed by atoms with Crippen LogP contribution in [0.15, 0.2) is 53.6 Å². The van der Waals surface area contributed by atoms with E-state index in [-0.39, 0.29) is 17.2 Å². The molecular formula is C21H17N3O4S. The summed E-state index contributed by atoms with van der Waals surface area (Å²) in [5, 5.41) is 13.4. The number of methoxy groups -OCH3 is 2. The van der Waals surface area contributed by atoms with Crippen molar-refractivity contribution in [3.8, 4) is 11.8 Å². The first-order valence-electron chi connectivity index (χ1n) is 8.54. The molecule has 0 bridgehead atoms. The Bertz CT molecular complexity index is 1120. The summed E-state index contributed by atoms with van der Waals surface area (Å²) in [6, 6.07) is 15.8. The smallest absolute Gasteiger partial charge is 0.339 e. The highest BCUT2D eigenvalue weighted by molar-refractivity contribution is 8.00. The maximum absolute atomic E-state index is 12.4. The molecule has 0 fully saturated rings. The number of para-hydroxylation sites is 1. The number of anilines is 1. The quantitative estimate of drug-likeness (QED) is 0.492. The number of amides is 1. The van der Waals surface area contributed by atoms with Crippen LogP contribution in [-0.2, 0) is 9.53 Å². The van der Waals surface area contributed by atoms with E-state index in [9.17, 15) is 14.9 Å². The van der Waals surface area contributed by atoms with Crippen molar-refractivity contribution in [1.29, 1.82) is 5.26 Å². The monoisotopic (exact) mass is 407 g/mol. The maximum Gasteiger partial charge on any atom is 0.339 e. The first kappa shape index (κ1) is 20.2. The van der Waals surface area contributed by atoms with Gasteiger partial charge in [-0.05, 0) is 30.3 Å². The van der Waals surface area contributed by atoms with Crippen molar-refractivity contribution >= 4 is 40.2 Å². The number of fused-ring (bicyclic) bond motifs is 1. The Kier molecular flexibility index (Phi) is 6.32. The number of hydrogen-bond acceptors (Lipinski definition) is 7. The van der Waals surface area contributed by atoms with Crippen molar-refractivity contribution in [2.24, 2.45) is 0 Å². The second-order valence-electron chi connectivity index (χ2n) is 5.89. The molecule has 2 aromatic carbocycles. The van der Waals surface area contributed by atoms with Gasteiger partial charge < -0.3 is 14.8 Å². The van der Waals surface area contributed by atoms with E-state index in [1.165, 1.54) is 7.11 Å². The molecule has 29 heavy (non-hydrogen) atoms. The van der Waals surface area contributed by atoms with Crippen LogP contribution in [0.5, 0.6) is 5.75 Å². The summed E-state index contributed by atoms with van der Waals surface area (Å²) in [6.07, 6.45) is 0. The number of pyridine rings is 1. The molecule has 0 aliphatic carbocycles. The lowest BCUT2D eigenvalue weighted by Gasteiger charge is -2.10. The van der Waals surface area contributed by atoms with Gasteiger partial charge in [-0.25, -0.2) is 9.78 Å². The number of nitrogens with one attached hydrogen (secondary N) is 1. The Morgan fingerprint density at radius 3 is 2.69 bits per heavy atom. The molecule has 0 aliphatic rings. The summed E-state index contributed by atoms with van der Waals surface area (Å²) in [4.78, 5) is 28.7. The third kappa shape index (κ3) is 4.65. The summed E-state index contributed by atoms with van der Waals surface area (Å²) >= 11 is 1.14. The average Bonchev–Trinajstić information content (AvgIpc) is 2.76. The highest BCUT2D eigenvalue weighted by atomic mass is 32.2. The molecule has 3 aromatic rings. The van der Waals surface area contributed by atoms with Crippen molar-refractivity contribution in [2.45, 2.75) is 5.03 Å². The van der Waals surface area contributed by atoms with Crippen LogP contribution in [0.4, 0.5) is 5.69 Å². The summed E-state index contributed by atoms with van der Waals surface area (Å²) < 4.78 is 9.94. The topological polar surface area (TPSA) is 101 Å². The number of rotatable bonds is 6. The maximum atomic E-state index is 12.4. The summed E-state index contributed by atoms with van der Waals surface area (Å²) in [7, 11) is 2.84. The first-order chi connectivity index (χ1) is 14.0. The number of aromatic nitrogens is 1. The molecule has 7 nitrogen and oxygen atoms in total. The van der Waals surface area contributed by atoms with E-state index in [0.29, 0.717) is 27.5 Å². The Morgan fingerprint density at radius 2 is 1.97 bits per heavy atom. The van der Waals surface area contributed by atoms with Crippen molar-refractivity contribution < 1.29 is 19.1 Å². The predicted octanol–water partition coefficient (Wildman–Crippen LogP) is 3.63. The van der Waals surface area contributed by atoms with Gasteiger partial charge in [0.2, 0.25) is 5.91 Å². The number of benzene rings is 2. The van der Waals surface area contributed by atoms with Gasteiger partial charge in [0.05, 0.1) is 42.3 Å². The predicted molar refractivity (Wildman–Crippen MR) is 110 cm³/mol. The molecule has 8 heteroatoms. The third-order valence-electron chi connectivity index (χ3n) is 4.06. The van der Waals surface area contributed by atoms with Crippen molar-refractivity contribution in [2.75, 3.05) is 25.3 Å². The minimum atomic E-state index is -0.537.